The molecular formula is C62H60BN3O. The van der Waals surface area contributed by atoms with Crippen LogP contribution < -0.4 is 15.7 Å². The maximum absolute atomic E-state index is 6.97. The summed E-state index contributed by atoms with van der Waals surface area (Å²) < 4.78 is 12.3. The minimum Gasteiger partial charge on any atom is -0.456 e. The Bertz CT molecular complexity index is 3860. The van der Waals surface area contributed by atoms with Crippen molar-refractivity contribution >= 4 is 89.0 Å². The van der Waals surface area contributed by atoms with Crippen LogP contribution in [0.4, 0.5) is 5.69 Å². The fraction of sp³-hybridized carbons (Fsp3) is 0.323. The number of nitrogens with zero attached hydrogens (tertiary/aromatic N) is 3. The van der Waals surface area contributed by atoms with Gasteiger partial charge in [0.1, 0.15) is 11.2 Å². The average molecular weight is 874 g/mol. The molecule has 2 atom stereocenters. The number of benzene rings is 7. The SMILES string of the molecule is CC(C)(C)c1cc2c3c(c1)-n1c4ccc(C(C)(C)C)cc4c4c1c(cc1c5cc(C(C)(C)C)ccc5n(-c5ccccc5)c14)B3N1c3c-2cc2oc4ccccc4c2c3C2(C)CCCCC12C. The molecule has 3 aliphatic heterocycles. The molecule has 0 spiro atoms. The first kappa shape index (κ1) is 39.9. The lowest BCUT2D eigenvalue weighted by Crippen LogP contribution is -2.70. The van der Waals surface area contributed by atoms with Gasteiger partial charge in [0.25, 0.3) is 0 Å². The van der Waals surface area contributed by atoms with Gasteiger partial charge in [-0.05, 0) is 129 Å². The first-order valence-electron chi connectivity index (χ1n) is 25.0. The Morgan fingerprint density at radius 2 is 1.19 bits per heavy atom. The van der Waals surface area contributed by atoms with E-state index in [1.807, 2.05) is 0 Å². The molecule has 3 aromatic heterocycles. The molecule has 14 rings (SSSR count). The lowest BCUT2D eigenvalue weighted by atomic mass is 9.42. The summed E-state index contributed by atoms with van der Waals surface area (Å²) >= 11 is 0. The van der Waals surface area contributed by atoms with Gasteiger partial charge in [-0.2, -0.15) is 0 Å². The molecule has 10 aromatic rings. The molecule has 2 unspecified atom stereocenters. The molecule has 4 nitrogen and oxygen atoms in total. The highest BCUT2D eigenvalue weighted by Gasteiger charge is 2.63. The van der Waals surface area contributed by atoms with E-state index >= 15 is 0 Å². The molecule has 0 saturated heterocycles. The highest BCUT2D eigenvalue weighted by Crippen LogP contribution is 2.65. The maximum atomic E-state index is 6.97. The molecule has 1 fully saturated rings. The van der Waals surface area contributed by atoms with E-state index in [-0.39, 0.29) is 34.0 Å². The van der Waals surface area contributed by atoms with E-state index in [0.29, 0.717) is 0 Å². The van der Waals surface area contributed by atoms with Crippen molar-refractivity contribution in [2.24, 2.45) is 0 Å². The van der Waals surface area contributed by atoms with E-state index in [1.54, 1.807) is 0 Å². The van der Waals surface area contributed by atoms with Gasteiger partial charge in [-0.15, -0.1) is 0 Å². The monoisotopic (exact) mass is 873 g/mol. The Kier molecular flexibility index (Phi) is 7.43. The Labute approximate surface area is 394 Å². The molecule has 6 heterocycles. The van der Waals surface area contributed by atoms with E-state index < -0.39 is 0 Å². The number of fused-ring (bicyclic) bond motifs is 18. The number of furan rings is 1. The largest absolute Gasteiger partial charge is 0.456 e. The molecular weight excluding hydrogens is 814 g/mol. The van der Waals surface area contributed by atoms with Crippen LogP contribution in [0.15, 0.2) is 120 Å². The van der Waals surface area contributed by atoms with Crippen molar-refractivity contribution in [3.63, 3.8) is 0 Å². The topological polar surface area (TPSA) is 26.2 Å². The maximum Gasteiger partial charge on any atom is 0.328 e. The standard InChI is InChI=1S/C62H60BN3O/c1-58(2,3)35-23-25-46-40(29-35)42-33-45-57-52(55(42)64(46)38-19-13-12-14-20-38)44-30-36(59(4,5)6)24-26-47(44)65(57)48-32-37(60(7,8)9)31-41-43-34-50-51(39-21-15-16-22-49(39)67-50)53-56(43)66(63(45)54(41)48)62(11)28-18-17-27-61(53,62)10/h12-16,19-26,29-34H,17-18,27-28H2,1-11H3. The highest BCUT2D eigenvalue weighted by atomic mass is 16.3. The summed E-state index contributed by atoms with van der Waals surface area (Å²) in [6, 6.07) is 45.0. The van der Waals surface area contributed by atoms with Gasteiger partial charge >= 0.3 is 6.85 Å². The van der Waals surface area contributed by atoms with Gasteiger partial charge in [0.2, 0.25) is 0 Å². The minimum absolute atomic E-state index is 0.00229. The molecule has 0 radical (unpaired) electrons. The van der Waals surface area contributed by atoms with Crippen molar-refractivity contribution in [3.8, 4) is 22.5 Å². The lowest BCUT2D eigenvalue weighted by molar-refractivity contribution is 0.200. The molecule has 4 aliphatic rings. The fourth-order valence-corrected chi connectivity index (χ4v) is 14.0. The molecule has 1 aliphatic carbocycles. The van der Waals surface area contributed by atoms with Gasteiger partial charge in [-0.1, -0.05) is 143 Å². The van der Waals surface area contributed by atoms with E-state index in [1.165, 1.54) is 129 Å². The predicted octanol–water partition coefficient (Wildman–Crippen LogP) is 15.2. The van der Waals surface area contributed by atoms with Crippen molar-refractivity contribution in [1.82, 2.24) is 9.13 Å². The quantitative estimate of drug-likeness (QED) is 0.154. The van der Waals surface area contributed by atoms with E-state index in [0.717, 1.165) is 24.0 Å². The van der Waals surface area contributed by atoms with Gasteiger partial charge < -0.3 is 18.4 Å². The van der Waals surface area contributed by atoms with Crippen molar-refractivity contribution < 1.29 is 4.42 Å². The number of anilines is 1. The predicted molar refractivity (Wildman–Crippen MR) is 286 cm³/mol. The molecule has 7 aromatic carbocycles. The molecule has 0 N–H and O–H groups in total. The minimum atomic E-state index is -0.149. The van der Waals surface area contributed by atoms with Gasteiger partial charge in [0, 0.05) is 65.9 Å². The number of rotatable bonds is 1. The molecule has 5 heteroatoms. The molecule has 332 valence electrons. The summed E-state index contributed by atoms with van der Waals surface area (Å²) in [5, 5.41) is 7.91. The van der Waals surface area contributed by atoms with Gasteiger partial charge in [0.05, 0.1) is 22.1 Å². The van der Waals surface area contributed by atoms with E-state index in [9.17, 15) is 0 Å². The summed E-state index contributed by atoms with van der Waals surface area (Å²) in [6.45, 7) is 26.6. The zero-order valence-electron chi connectivity index (χ0n) is 41.1. The second-order valence-electron chi connectivity index (χ2n) is 24.5. The van der Waals surface area contributed by atoms with E-state index in [4.69, 9.17) is 4.42 Å². The van der Waals surface area contributed by atoms with Crippen LogP contribution in [0.3, 0.4) is 0 Å². The van der Waals surface area contributed by atoms with Crippen LogP contribution in [-0.2, 0) is 21.7 Å². The van der Waals surface area contributed by atoms with Crippen molar-refractivity contribution in [3.05, 3.63) is 138 Å². The summed E-state index contributed by atoms with van der Waals surface area (Å²) in [5.74, 6) is 0. The molecule has 67 heavy (non-hydrogen) atoms. The van der Waals surface area contributed by atoms with Crippen LogP contribution in [-0.4, -0.2) is 21.5 Å². The van der Waals surface area contributed by atoms with Crippen LogP contribution >= 0.6 is 0 Å². The van der Waals surface area contributed by atoms with E-state index in [2.05, 4.69) is 205 Å². The zero-order valence-corrected chi connectivity index (χ0v) is 41.1. The van der Waals surface area contributed by atoms with Crippen LogP contribution in [0, 0.1) is 0 Å². The van der Waals surface area contributed by atoms with Gasteiger partial charge in [-0.3, -0.25) is 0 Å². The van der Waals surface area contributed by atoms with Crippen LogP contribution in [0.1, 0.15) is 124 Å². The third-order valence-electron chi connectivity index (χ3n) is 17.7. The fourth-order valence-electron chi connectivity index (χ4n) is 14.0. The van der Waals surface area contributed by atoms with Gasteiger partial charge in [-0.25, -0.2) is 0 Å². The summed E-state index contributed by atoms with van der Waals surface area (Å²) in [5.41, 5.74) is 21.9. The number of hydrogen-bond donors (Lipinski definition) is 0. The third kappa shape index (κ3) is 4.86. The Morgan fingerprint density at radius 1 is 0.537 bits per heavy atom. The third-order valence-corrected chi connectivity index (χ3v) is 17.7. The van der Waals surface area contributed by atoms with Crippen LogP contribution in [0.2, 0.25) is 0 Å². The first-order valence-corrected chi connectivity index (χ1v) is 25.0. The Hall–Kier alpha value is -6.20. The summed E-state index contributed by atoms with van der Waals surface area (Å²) in [6.07, 6.45) is 4.74. The normalized spacial score (nSPS) is 20.0. The first-order chi connectivity index (χ1) is 31.9. The van der Waals surface area contributed by atoms with Crippen LogP contribution in [0.25, 0.3) is 88.1 Å². The Balaban J connectivity index is 1.24. The summed E-state index contributed by atoms with van der Waals surface area (Å²) in [7, 11) is 0. The second kappa shape index (κ2) is 12.5. The number of hydrogen-bond acceptors (Lipinski definition) is 2. The average Bonchev–Trinajstić information content (AvgIpc) is 3.99. The van der Waals surface area contributed by atoms with Gasteiger partial charge in [0.15, 0.2) is 0 Å². The van der Waals surface area contributed by atoms with Crippen molar-refractivity contribution in [2.45, 2.75) is 129 Å². The van der Waals surface area contributed by atoms with Crippen molar-refractivity contribution in [1.29, 1.82) is 0 Å². The molecule has 1 saturated carbocycles. The lowest BCUT2D eigenvalue weighted by Gasteiger charge is -2.54. The van der Waals surface area contributed by atoms with Crippen molar-refractivity contribution in [2.75, 3.05) is 4.81 Å². The molecule has 0 bridgehead atoms. The van der Waals surface area contributed by atoms with Crippen LogP contribution in [0.5, 0.6) is 0 Å². The smallest absolute Gasteiger partial charge is 0.328 e. The zero-order chi connectivity index (χ0) is 46.1. The second-order valence-corrected chi connectivity index (χ2v) is 24.5. The molecule has 0 amide bonds. The number of para-hydroxylation sites is 2. The summed E-state index contributed by atoms with van der Waals surface area (Å²) in [4.78, 5) is 3.01. The Morgan fingerprint density at radius 3 is 1.91 bits per heavy atom. The number of aromatic nitrogens is 2. The highest BCUT2D eigenvalue weighted by molar-refractivity contribution is 6.93.